The third-order valence-electron chi connectivity index (χ3n) is 4.36. The molecule has 110 valence electrons. The summed E-state index contributed by atoms with van der Waals surface area (Å²) in [6.45, 7) is 4.27. The summed E-state index contributed by atoms with van der Waals surface area (Å²) in [5, 5.41) is 0. The van der Waals surface area contributed by atoms with Crippen LogP contribution in [0.25, 0.3) is 0 Å². The lowest BCUT2D eigenvalue weighted by Crippen LogP contribution is -2.40. The molecule has 0 fully saturated rings. The average Bonchev–Trinajstić information content (AvgIpc) is 2.47. The van der Waals surface area contributed by atoms with E-state index in [0.29, 0.717) is 0 Å². The fourth-order valence-electron chi connectivity index (χ4n) is 3.14. The molecule has 1 heterocycles. The summed E-state index contributed by atoms with van der Waals surface area (Å²) in [5.41, 5.74) is 9.93. The number of nitrogens with two attached hydrogens (primary N) is 1. The minimum atomic E-state index is -0.183. The van der Waals surface area contributed by atoms with Gasteiger partial charge in [-0.05, 0) is 38.3 Å². The Bertz CT molecular complexity index is 623. The zero-order valence-electron chi connectivity index (χ0n) is 12.8. The van der Waals surface area contributed by atoms with E-state index in [2.05, 4.69) is 62.4 Å². The maximum atomic E-state index is 6.38. The van der Waals surface area contributed by atoms with Crippen molar-refractivity contribution in [3.63, 3.8) is 0 Å². The van der Waals surface area contributed by atoms with E-state index in [9.17, 15) is 0 Å². The standard InChI is InChI=1S/C19H23NO/c1-14-8-9-18-16(12-14)17(20)13-19(2,21-18)11-10-15-6-4-3-5-7-15/h3-9,12,17H,10-11,13,20H2,1-2H3/t17-,19?/m1/s1. The molecule has 2 heteroatoms. The third kappa shape index (κ3) is 3.11. The van der Waals surface area contributed by atoms with Gasteiger partial charge in [0.25, 0.3) is 0 Å². The van der Waals surface area contributed by atoms with Crippen LogP contribution in [0.5, 0.6) is 5.75 Å². The van der Waals surface area contributed by atoms with Crippen LogP contribution in [0, 0.1) is 6.92 Å². The fourth-order valence-corrected chi connectivity index (χ4v) is 3.14. The van der Waals surface area contributed by atoms with Gasteiger partial charge in [-0.1, -0.05) is 48.0 Å². The monoisotopic (exact) mass is 281 g/mol. The Hall–Kier alpha value is -1.80. The SMILES string of the molecule is Cc1ccc2c(c1)[C@H](N)CC(C)(CCc1ccccc1)O2. The van der Waals surface area contributed by atoms with E-state index in [4.69, 9.17) is 10.5 Å². The highest BCUT2D eigenvalue weighted by molar-refractivity contribution is 5.41. The van der Waals surface area contributed by atoms with Gasteiger partial charge in [0.2, 0.25) is 0 Å². The van der Waals surface area contributed by atoms with Gasteiger partial charge in [0, 0.05) is 18.0 Å². The molecule has 0 radical (unpaired) electrons. The van der Waals surface area contributed by atoms with E-state index in [-0.39, 0.29) is 11.6 Å². The van der Waals surface area contributed by atoms with Crippen molar-refractivity contribution in [3.8, 4) is 5.75 Å². The average molecular weight is 281 g/mol. The highest BCUT2D eigenvalue weighted by Gasteiger charge is 2.35. The second kappa shape index (κ2) is 5.53. The van der Waals surface area contributed by atoms with E-state index < -0.39 is 0 Å². The van der Waals surface area contributed by atoms with Crippen LogP contribution in [0.3, 0.4) is 0 Å². The molecule has 0 spiro atoms. The topological polar surface area (TPSA) is 35.2 Å². The van der Waals surface area contributed by atoms with Crippen LogP contribution in [-0.2, 0) is 6.42 Å². The molecule has 2 nitrogen and oxygen atoms in total. The Balaban J connectivity index is 1.76. The van der Waals surface area contributed by atoms with Gasteiger partial charge in [-0.25, -0.2) is 0 Å². The number of hydrogen-bond acceptors (Lipinski definition) is 2. The van der Waals surface area contributed by atoms with Crippen molar-refractivity contribution >= 4 is 0 Å². The van der Waals surface area contributed by atoms with Crippen molar-refractivity contribution in [2.75, 3.05) is 0 Å². The summed E-state index contributed by atoms with van der Waals surface area (Å²) in [4.78, 5) is 0. The van der Waals surface area contributed by atoms with Crippen LogP contribution < -0.4 is 10.5 Å². The Morgan fingerprint density at radius 1 is 1.19 bits per heavy atom. The first-order chi connectivity index (χ1) is 10.1. The predicted octanol–water partition coefficient (Wildman–Crippen LogP) is 4.17. The second-order valence-electron chi connectivity index (χ2n) is 6.39. The van der Waals surface area contributed by atoms with Gasteiger partial charge in [0.1, 0.15) is 11.4 Å². The normalized spacial score (nSPS) is 24.2. The van der Waals surface area contributed by atoms with Crippen molar-refractivity contribution in [1.82, 2.24) is 0 Å². The molecule has 0 aliphatic carbocycles. The maximum absolute atomic E-state index is 6.38. The van der Waals surface area contributed by atoms with Gasteiger partial charge >= 0.3 is 0 Å². The first kappa shape index (κ1) is 14.2. The Kier molecular flexibility index (Phi) is 3.73. The first-order valence-corrected chi connectivity index (χ1v) is 7.65. The van der Waals surface area contributed by atoms with Crippen LogP contribution >= 0.6 is 0 Å². The smallest absolute Gasteiger partial charge is 0.124 e. The molecule has 2 N–H and O–H groups in total. The number of hydrogen-bond donors (Lipinski definition) is 1. The molecule has 1 aliphatic rings. The molecule has 2 aromatic carbocycles. The van der Waals surface area contributed by atoms with E-state index in [1.54, 1.807) is 0 Å². The van der Waals surface area contributed by atoms with E-state index in [0.717, 1.165) is 30.6 Å². The number of rotatable bonds is 3. The molecule has 21 heavy (non-hydrogen) atoms. The predicted molar refractivity (Wildman–Crippen MR) is 86.5 cm³/mol. The zero-order chi connectivity index (χ0) is 14.9. The molecular weight excluding hydrogens is 258 g/mol. The highest BCUT2D eigenvalue weighted by Crippen LogP contribution is 2.40. The van der Waals surface area contributed by atoms with Crippen molar-refractivity contribution < 1.29 is 4.74 Å². The molecule has 3 rings (SSSR count). The molecule has 0 saturated heterocycles. The van der Waals surface area contributed by atoms with Crippen LogP contribution in [-0.4, -0.2) is 5.60 Å². The van der Waals surface area contributed by atoms with Crippen LogP contribution in [0.15, 0.2) is 48.5 Å². The Labute approximate surface area is 126 Å². The van der Waals surface area contributed by atoms with Gasteiger partial charge in [0.05, 0.1) is 0 Å². The number of aryl methyl sites for hydroxylation is 2. The summed E-state index contributed by atoms with van der Waals surface area (Å²) in [7, 11) is 0. The van der Waals surface area contributed by atoms with Crippen LogP contribution in [0.1, 0.15) is 42.5 Å². The maximum Gasteiger partial charge on any atom is 0.124 e. The summed E-state index contributed by atoms with van der Waals surface area (Å²) in [6, 6.07) is 16.9. The second-order valence-corrected chi connectivity index (χ2v) is 6.39. The largest absolute Gasteiger partial charge is 0.487 e. The van der Waals surface area contributed by atoms with Crippen LogP contribution in [0.2, 0.25) is 0 Å². The molecule has 0 bridgehead atoms. The molecular formula is C19H23NO. The zero-order valence-corrected chi connectivity index (χ0v) is 12.8. The molecule has 2 aromatic rings. The van der Waals surface area contributed by atoms with Gasteiger partial charge in [-0.15, -0.1) is 0 Å². The highest BCUT2D eigenvalue weighted by atomic mass is 16.5. The lowest BCUT2D eigenvalue weighted by molar-refractivity contribution is 0.0458. The summed E-state index contributed by atoms with van der Waals surface area (Å²) in [5.74, 6) is 0.954. The lowest BCUT2D eigenvalue weighted by atomic mass is 9.84. The summed E-state index contributed by atoms with van der Waals surface area (Å²) in [6.07, 6.45) is 2.87. The van der Waals surface area contributed by atoms with Crippen LogP contribution in [0.4, 0.5) is 0 Å². The molecule has 2 atom stereocenters. The van der Waals surface area contributed by atoms with Gasteiger partial charge in [-0.3, -0.25) is 0 Å². The molecule has 0 saturated carbocycles. The number of benzene rings is 2. The summed E-state index contributed by atoms with van der Waals surface area (Å²) < 4.78 is 6.29. The van der Waals surface area contributed by atoms with Crippen molar-refractivity contribution in [1.29, 1.82) is 0 Å². The van der Waals surface area contributed by atoms with E-state index >= 15 is 0 Å². The van der Waals surface area contributed by atoms with Crippen molar-refractivity contribution in [3.05, 3.63) is 65.2 Å². The number of fused-ring (bicyclic) bond motifs is 1. The van der Waals surface area contributed by atoms with Gasteiger partial charge in [-0.2, -0.15) is 0 Å². The third-order valence-corrected chi connectivity index (χ3v) is 4.36. The lowest BCUT2D eigenvalue weighted by Gasteiger charge is -2.39. The Morgan fingerprint density at radius 2 is 1.95 bits per heavy atom. The fraction of sp³-hybridized carbons (Fsp3) is 0.368. The quantitative estimate of drug-likeness (QED) is 0.916. The van der Waals surface area contributed by atoms with Crippen molar-refractivity contribution in [2.45, 2.75) is 44.8 Å². The minimum absolute atomic E-state index is 0.0643. The Morgan fingerprint density at radius 3 is 2.71 bits per heavy atom. The summed E-state index contributed by atoms with van der Waals surface area (Å²) >= 11 is 0. The number of ether oxygens (including phenoxy) is 1. The first-order valence-electron chi connectivity index (χ1n) is 7.65. The molecule has 1 unspecified atom stereocenters. The van der Waals surface area contributed by atoms with Gasteiger partial charge < -0.3 is 10.5 Å². The molecule has 0 amide bonds. The van der Waals surface area contributed by atoms with Crippen molar-refractivity contribution in [2.24, 2.45) is 5.73 Å². The molecule has 0 aromatic heterocycles. The van der Waals surface area contributed by atoms with E-state index in [1.807, 2.05) is 0 Å². The van der Waals surface area contributed by atoms with E-state index in [1.165, 1.54) is 11.1 Å². The molecule has 1 aliphatic heterocycles. The minimum Gasteiger partial charge on any atom is -0.487 e. The van der Waals surface area contributed by atoms with Gasteiger partial charge in [0.15, 0.2) is 0 Å².